The average molecular weight is 437 g/mol. The summed E-state index contributed by atoms with van der Waals surface area (Å²) in [6.45, 7) is 2.17. The van der Waals surface area contributed by atoms with Crippen LogP contribution in [0.3, 0.4) is 0 Å². The van der Waals surface area contributed by atoms with Crippen LogP contribution in [-0.4, -0.2) is 36.6 Å². The van der Waals surface area contributed by atoms with E-state index in [1.54, 1.807) is 37.1 Å². The van der Waals surface area contributed by atoms with Gasteiger partial charge in [-0.2, -0.15) is 0 Å². The Kier molecular flexibility index (Phi) is 6.87. The molecule has 1 heterocycles. The van der Waals surface area contributed by atoms with Crippen molar-refractivity contribution in [2.45, 2.75) is 32.4 Å². The fraction of sp³-hybridized carbons (Fsp3) is 0.333. The molecule has 0 radical (unpaired) electrons. The zero-order valence-corrected chi connectivity index (χ0v) is 17.7. The van der Waals surface area contributed by atoms with Crippen LogP contribution in [0.15, 0.2) is 36.4 Å². The molecule has 2 amide bonds. The van der Waals surface area contributed by atoms with Gasteiger partial charge < -0.3 is 19.7 Å². The van der Waals surface area contributed by atoms with Gasteiger partial charge in [0.05, 0.1) is 10.0 Å². The van der Waals surface area contributed by atoms with Gasteiger partial charge in [-0.3, -0.25) is 9.59 Å². The maximum atomic E-state index is 13.0. The molecule has 0 aliphatic carbocycles. The van der Waals surface area contributed by atoms with E-state index in [-0.39, 0.29) is 31.6 Å². The van der Waals surface area contributed by atoms with Gasteiger partial charge in [0.1, 0.15) is 6.04 Å². The second kappa shape index (κ2) is 9.37. The molecule has 154 valence electrons. The summed E-state index contributed by atoms with van der Waals surface area (Å²) in [6.07, 6.45) is 0.774. The van der Waals surface area contributed by atoms with Gasteiger partial charge in [0.25, 0.3) is 0 Å². The number of carbonyl (C=O) groups excluding carboxylic acids is 2. The predicted molar refractivity (Wildman–Crippen MR) is 111 cm³/mol. The summed E-state index contributed by atoms with van der Waals surface area (Å²) >= 11 is 12.1. The number of hydrogen-bond donors (Lipinski definition) is 1. The van der Waals surface area contributed by atoms with E-state index in [2.05, 4.69) is 5.32 Å². The lowest BCUT2D eigenvalue weighted by atomic mass is 10.1. The monoisotopic (exact) mass is 436 g/mol. The molecule has 1 aliphatic rings. The Morgan fingerprint density at radius 3 is 2.52 bits per heavy atom. The van der Waals surface area contributed by atoms with Gasteiger partial charge in [0.15, 0.2) is 11.5 Å². The Hall–Kier alpha value is -2.44. The maximum absolute atomic E-state index is 13.0. The number of nitrogens with zero attached hydrogens (tertiary/aromatic N) is 1. The minimum Gasteiger partial charge on any atom is -0.454 e. The summed E-state index contributed by atoms with van der Waals surface area (Å²) in [5.41, 5.74) is 1.76. The first kappa shape index (κ1) is 21.3. The van der Waals surface area contributed by atoms with E-state index in [0.29, 0.717) is 28.0 Å². The molecule has 0 bridgehead atoms. The summed E-state index contributed by atoms with van der Waals surface area (Å²) in [6, 6.07) is 10.2. The number of nitrogens with one attached hydrogen (secondary N) is 1. The molecule has 1 N–H and O–H groups in total. The first-order valence-electron chi connectivity index (χ1n) is 9.22. The lowest BCUT2D eigenvalue weighted by Crippen LogP contribution is -2.46. The standard InChI is InChI=1S/C21H22Cl2N2O4/c1-13(21(27)24-2)25(11-15-3-6-16(22)17(23)9-15)20(26)8-5-14-4-7-18-19(10-14)29-12-28-18/h3-4,6-7,9-10,13H,5,8,11-12H2,1-2H3,(H,24,27). The first-order chi connectivity index (χ1) is 13.9. The van der Waals surface area contributed by atoms with E-state index < -0.39 is 6.04 Å². The van der Waals surface area contributed by atoms with Crippen molar-refractivity contribution < 1.29 is 19.1 Å². The Labute approximate surface area is 179 Å². The summed E-state index contributed by atoms with van der Waals surface area (Å²) in [7, 11) is 1.55. The zero-order valence-electron chi connectivity index (χ0n) is 16.2. The average Bonchev–Trinajstić information content (AvgIpc) is 3.19. The number of halogens is 2. The Bertz CT molecular complexity index is 920. The van der Waals surface area contributed by atoms with Crippen molar-refractivity contribution in [3.63, 3.8) is 0 Å². The summed E-state index contributed by atoms with van der Waals surface area (Å²) in [5, 5.41) is 3.45. The lowest BCUT2D eigenvalue weighted by molar-refractivity contribution is -0.140. The lowest BCUT2D eigenvalue weighted by Gasteiger charge is -2.28. The third-order valence-corrected chi connectivity index (χ3v) is 5.55. The third-order valence-electron chi connectivity index (χ3n) is 4.82. The second-order valence-corrected chi connectivity index (χ2v) is 7.56. The maximum Gasteiger partial charge on any atom is 0.242 e. The highest BCUT2D eigenvalue weighted by molar-refractivity contribution is 6.42. The molecular weight excluding hydrogens is 415 g/mol. The van der Waals surface area contributed by atoms with Crippen molar-refractivity contribution in [1.82, 2.24) is 10.2 Å². The van der Waals surface area contributed by atoms with Crippen molar-refractivity contribution >= 4 is 35.0 Å². The van der Waals surface area contributed by atoms with Crippen LogP contribution in [0, 0.1) is 0 Å². The van der Waals surface area contributed by atoms with Crippen molar-refractivity contribution in [2.75, 3.05) is 13.8 Å². The summed E-state index contributed by atoms with van der Waals surface area (Å²) in [5.74, 6) is 1.02. The molecule has 29 heavy (non-hydrogen) atoms. The van der Waals surface area contributed by atoms with Gasteiger partial charge in [-0.15, -0.1) is 0 Å². The van der Waals surface area contributed by atoms with Crippen molar-refractivity contribution in [3.05, 3.63) is 57.6 Å². The van der Waals surface area contributed by atoms with Gasteiger partial charge >= 0.3 is 0 Å². The van der Waals surface area contributed by atoms with Crippen LogP contribution in [0.5, 0.6) is 11.5 Å². The number of aryl methyl sites for hydroxylation is 1. The fourth-order valence-corrected chi connectivity index (χ4v) is 3.44. The summed E-state index contributed by atoms with van der Waals surface area (Å²) < 4.78 is 10.7. The van der Waals surface area contributed by atoms with Crippen LogP contribution in [0.1, 0.15) is 24.5 Å². The van der Waals surface area contributed by atoms with Crippen LogP contribution >= 0.6 is 23.2 Å². The first-order valence-corrected chi connectivity index (χ1v) is 9.98. The topological polar surface area (TPSA) is 67.9 Å². The normalized spacial score (nSPS) is 13.1. The largest absolute Gasteiger partial charge is 0.454 e. The highest BCUT2D eigenvalue weighted by atomic mass is 35.5. The number of hydrogen-bond acceptors (Lipinski definition) is 4. The molecule has 0 saturated carbocycles. The molecule has 3 rings (SSSR count). The zero-order chi connectivity index (χ0) is 21.0. The molecule has 2 aromatic rings. The number of amides is 2. The smallest absolute Gasteiger partial charge is 0.242 e. The Morgan fingerprint density at radius 1 is 1.07 bits per heavy atom. The fourth-order valence-electron chi connectivity index (χ4n) is 3.12. The number of likely N-dealkylation sites (N-methyl/N-ethyl adjacent to an activating group) is 1. The molecule has 1 atom stereocenters. The number of benzene rings is 2. The third kappa shape index (κ3) is 5.14. The molecule has 1 aliphatic heterocycles. The molecule has 0 spiro atoms. The Morgan fingerprint density at radius 2 is 1.79 bits per heavy atom. The van der Waals surface area contributed by atoms with Gasteiger partial charge in [0.2, 0.25) is 18.6 Å². The van der Waals surface area contributed by atoms with E-state index in [1.807, 2.05) is 18.2 Å². The van der Waals surface area contributed by atoms with E-state index in [4.69, 9.17) is 32.7 Å². The van der Waals surface area contributed by atoms with E-state index in [9.17, 15) is 9.59 Å². The predicted octanol–water partition coefficient (Wildman–Crippen LogP) is 3.82. The van der Waals surface area contributed by atoms with Gasteiger partial charge in [-0.25, -0.2) is 0 Å². The van der Waals surface area contributed by atoms with Crippen LogP contribution in [-0.2, 0) is 22.6 Å². The minimum atomic E-state index is -0.626. The van der Waals surface area contributed by atoms with Crippen LogP contribution in [0.2, 0.25) is 10.0 Å². The van der Waals surface area contributed by atoms with E-state index >= 15 is 0 Å². The number of ether oxygens (including phenoxy) is 2. The minimum absolute atomic E-state index is 0.134. The molecule has 0 fully saturated rings. The van der Waals surface area contributed by atoms with Crippen molar-refractivity contribution in [3.8, 4) is 11.5 Å². The van der Waals surface area contributed by atoms with Crippen LogP contribution in [0.4, 0.5) is 0 Å². The molecule has 1 unspecified atom stereocenters. The van der Waals surface area contributed by atoms with Crippen molar-refractivity contribution in [1.29, 1.82) is 0 Å². The molecule has 0 aromatic heterocycles. The van der Waals surface area contributed by atoms with E-state index in [0.717, 1.165) is 11.1 Å². The van der Waals surface area contributed by atoms with Crippen LogP contribution < -0.4 is 14.8 Å². The number of fused-ring (bicyclic) bond motifs is 1. The quantitative estimate of drug-likeness (QED) is 0.716. The highest BCUT2D eigenvalue weighted by Gasteiger charge is 2.25. The molecule has 6 nitrogen and oxygen atoms in total. The Balaban J connectivity index is 1.72. The van der Waals surface area contributed by atoms with Gasteiger partial charge in [-0.05, 0) is 48.7 Å². The van der Waals surface area contributed by atoms with E-state index in [1.165, 1.54) is 0 Å². The second-order valence-electron chi connectivity index (χ2n) is 6.75. The van der Waals surface area contributed by atoms with Crippen molar-refractivity contribution in [2.24, 2.45) is 0 Å². The number of carbonyl (C=O) groups is 2. The van der Waals surface area contributed by atoms with Gasteiger partial charge in [0, 0.05) is 20.0 Å². The van der Waals surface area contributed by atoms with Crippen LogP contribution in [0.25, 0.3) is 0 Å². The molecule has 0 saturated heterocycles. The number of rotatable bonds is 7. The molecule has 8 heteroatoms. The highest BCUT2D eigenvalue weighted by Crippen LogP contribution is 2.33. The molecular formula is C21H22Cl2N2O4. The molecule has 2 aromatic carbocycles. The summed E-state index contributed by atoms with van der Waals surface area (Å²) in [4.78, 5) is 26.7. The van der Waals surface area contributed by atoms with Gasteiger partial charge in [-0.1, -0.05) is 35.3 Å². The SMILES string of the molecule is CNC(=O)C(C)N(Cc1ccc(Cl)c(Cl)c1)C(=O)CCc1ccc2c(c1)OCO2.